The predicted octanol–water partition coefficient (Wildman–Crippen LogP) is 14.2. The van der Waals surface area contributed by atoms with Gasteiger partial charge in [0.2, 0.25) is 0 Å². The van der Waals surface area contributed by atoms with Crippen molar-refractivity contribution >= 4 is 55.8 Å². The van der Waals surface area contributed by atoms with Crippen LogP contribution in [0.3, 0.4) is 0 Å². The van der Waals surface area contributed by atoms with Gasteiger partial charge in [-0.3, -0.25) is 0 Å². The zero-order valence-corrected chi connectivity index (χ0v) is 36.4. The molecule has 60 heavy (non-hydrogen) atoms. The van der Waals surface area contributed by atoms with Crippen LogP contribution in [0.15, 0.2) is 175 Å². The average Bonchev–Trinajstić information content (AvgIpc) is 3.70. The zero-order valence-electron chi connectivity index (χ0n) is 34.1. The van der Waals surface area contributed by atoms with Gasteiger partial charge in [0.1, 0.15) is 0 Å². The Kier molecular flexibility index (Phi) is 10.5. The van der Waals surface area contributed by atoms with E-state index in [4.69, 9.17) is 10.1 Å². The van der Waals surface area contributed by atoms with E-state index in [1.807, 2.05) is 18.2 Å². The molecule has 0 spiro atoms. The Morgan fingerprint density at radius 2 is 1.45 bits per heavy atom. The summed E-state index contributed by atoms with van der Waals surface area (Å²) in [6.07, 6.45) is 11.9. The number of aryl methyl sites for hydroxylation is 1. The summed E-state index contributed by atoms with van der Waals surface area (Å²) in [5.41, 5.74) is 13.5. The first-order valence-corrected chi connectivity index (χ1v) is 20.3. The van der Waals surface area contributed by atoms with Gasteiger partial charge in [0.05, 0.1) is 0 Å². The van der Waals surface area contributed by atoms with Crippen LogP contribution < -0.4 is 14.5 Å². The number of fused-ring (bicyclic) bond motifs is 4. The molecule has 0 amide bonds. The number of para-hydroxylation sites is 3. The number of anilines is 3. The van der Waals surface area contributed by atoms with Crippen molar-refractivity contribution in [2.75, 3.05) is 16.3 Å². The number of hydrogen-bond donors (Lipinski definition) is 0. The molecule has 0 atom stereocenters. The van der Waals surface area contributed by atoms with Gasteiger partial charge in [0.25, 0.3) is 0 Å². The first-order chi connectivity index (χ1) is 28.8. The van der Waals surface area contributed by atoms with Crippen LogP contribution in [0, 0.1) is 31.1 Å². The average molecular weight is 960 g/mol. The minimum absolute atomic E-state index is 0. The summed E-state index contributed by atoms with van der Waals surface area (Å²) in [6.45, 7) is 11.7. The van der Waals surface area contributed by atoms with Crippen LogP contribution in [0.25, 0.3) is 44.1 Å². The van der Waals surface area contributed by atoms with Gasteiger partial charge in [0, 0.05) is 34.1 Å². The quantitative estimate of drug-likeness (QED) is 0.149. The summed E-state index contributed by atoms with van der Waals surface area (Å²) >= 11 is 0. The van der Waals surface area contributed by atoms with Crippen LogP contribution in [-0.4, -0.2) is 11.1 Å². The van der Waals surface area contributed by atoms with Crippen molar-refractivity contribution in [3.63, 3.8) is 0 Å². The van der Waals surface area contributed by atoms with E-state index in [0.717, 1.165) is 56.8 Å². The van der Waals surface area contributed by atoms with Gasteiger partial charge < -0.3 is 24.4 Å². The van der Waals surface area contributed by atoms with E-state index in [1.165, 1.54) is 33.4 Å². The van der Waals surface area contributed by atoms with E-state index in [9.17, 15) is 0 Å². The molecular weight excluding hydrogens is 916 g/mol. The third-order valence-electron chi connectivity index (χ3n) is 11.3. The molecule has 0 N–H and O–H groups in total. The molecule has 0 fully saturated rings. The molecule has 6 heteroatoms. The summed E-state index contributed by atoms with van der Waals surface area (Å²) in [4.78, 5) is 4.57. The molecule has 0 radical (unpaired) electrons. The number of aromatic nitrogens is 1. The van der Waals surface area contributed by atoms with Crippen LogP contribution in [0.2, 0.25) is 0 Å². The van der Waals surface area contributed by atoms with Crippen molar-refractivity contribution < 1.29 is 25.8 Å². The van der Waals surface area contributed by atoms with Crippen LogP contribution in [0.4, 0.5) is 17.1 Å². The molecule has 296 valence electrons. The Morgan fingerprint density at radius 3 is 2.27 bits per heavy atom. The second-order valence-electron chi connectivity index (χ2n) is 16.3. The molecule has 0 saturated heterocycles. The summed E-state index contributed by atoms with van der Waals surface area (Å²) in [5, 5.41) is 7.24. The molecule has 1 aliphatic carbocycles. The molecule has 0 saturated carbocycles. The standard InChI is InChI=1S/C54H44N4O.Pt/c1-37-16-14-19-39(32-37)45-23-9-8-22-44(38-17-6-5-7-18-38)53(45)57-36-56(49-26-12-13-27-50(49)57)41-20-15-21-42(34-41)59-43-28-29-47-46-24-10-11-25-48(46)58(51(47)35-43)52-33-40(30-31-55-52)54(2,3)4;/h5-21,23-30,32-33,36H,22,31H2,1-4H3;/q-4;+4. The van der Waals surface area contributed by atoms with Crippen molar-refractivity contribution in [1.82, 2.24) is 4.57 Å². The van der Waals surface area contributed by atoms with Crippen LogP contribution in [-0.2, 0) is 21.1 Å². The van der Waals surface area contributed by atoms with Gasteiger partial charge in [-0.25, -0.2) is 0 Å². The zero-order chi connectivity index (χ0) is 40.1. The van der Waals surface area contributed by atoms with E-state index < -0.39 is 0 Å². The topological polar surface area (TPSA) is 34.7 Å². The number of hydrogen-bond acceptors (Lipinski definition) is 3. The Bertz CT molecular complexity index is 2920. The first kappa shape index (κ1) is 39.2. The van der Waals surface area contributed by atoms with Crippen molar-refractivity contribution in [1.29, 1.82) is 0 Å². The molecule has 0 bridgehead atoms. The number of rotatable bonds is 7. The minimum Gasteiger partial charge on any atom is -0.509 e. The van der Waals surface area contributed by atoms with E-state index >= 15 is 0 Å². The Balaban J connectivity index is 0.00000462. The maximum atomic E-state index is 6.64. The van der Waals surface area contributed by atoms with Crippen LogP contribution in [0.1, 0.15) is 43.9 Å². The summed E-state index contributed by atoms with van der Waals surface area (Å²) < 4.78 is 8.87. The molecule has 3 heterocycles. The Hall–Kier alpha value is -6.29. The summed E-state index contributed by atoms with van der Waals surface area (Å²) in [5.74, 6) is 2.13. The third kappa shape index (κ3) is 7.22. The molecule has 1 aromatic heterocycles. The maximum absolute atomic E-state index is 6.64. The first-order valence-electron chi connectivity index (χ1n) is 20.3. The molecule has 10 rings (SSSR count). The molecule has 3 aliphatic rings. The molecule has 5 nitrogen and oxygen atoms in total. The largest absolute Gasteiger partial charge is 4.00 e. The van der Waals surface area contributed by atoms with Gasteiger partial charge in [-0.2, -0.15) is 12.1 Å². The van der Waals surface area contributed by atoms with Crippen LogP contribution >= 0.6 is 0 Å². The molecule has 7 aromatic rings. The van der Waals surface area contributed by atoms with Crippen molar-refractivity contribution in [2.24, 2.45) is 5.41 Å². The van der Waals surface area contributed by atoms with Crippen molar-refractivity contribution in [2.45, 2.75) is 34.1 Å². The smallest absolute Gasteiger partial charge is 0.509 e. The summed E-state index contributed by atoms with van der Waals surface area (Å²) in [7, 11) is 0. The number of allylic oxidation sites excluding steroid dienone is 7. The SMILES string of the molecule is Cc1cccc(C2=CC=CCC(c3ccccc3)=C2N2[CH-]N(c3[c-]c(Oc4[c-]c5c(cc4)c4ccccc4n5C4=CC(C(C)(C)C)=CC[N-]4)ccc3)c3ccccc32)c1.[Pt+4]. The fourth-order valence-corrected chi connectivity index (χ4v) is 8.45. The van der Waals surface area contributed by atoms with E-state index in [1.54, 1.807) is 0 Å². The van der Waals surface area contributed by atoms with Gasteiger partial charge in [-0.15, -0.1) is 53.6 Å². The molecular formula is C54H44N4OPt. The van der Waals surface area contributed by atoms with Gasteiger partial charge in [-0.05, 0) is 65.2 Å². The maximum Gasteiger partial charge on any atom is 4.00 e. The number of benzene rings is 6. The summed E-state index contributed by atoms with van der Waals surface area (Å²) in [6, 6.07) is 54.1. The van der Waals surface area contributed by atoms with Gasteiger partial charge in [-0.1, -0.05) is 159 Å². The van der Waals surface area contributed by atoms with E-state index in [2.05, 4.69) is 207 Å². The molecule has 6 aromatic carbocycles. The van der Waals surface area contributed by atoms with Gasteiger partial charge in [0.15, 0.2) is 0 Å². The molecule has 0 unspecified atom stereocenters. The number of ether oxygens (including phenoxy) is 1. The minimum atomic E-state index is 0. The normalized spacial score (nSPS) is 15.2. The van der Waals surface area contributed by atoms with E-state index in [0.29, 0.717) is 18.0 Å². The van der Waals surface area contributed by atoms with Crippen LogP contribution in [0.5, 0.6) is 11.5 Å². The second-order valence-corrected chi connectivity index (χ2v) is 16.3. The van der Waals surface area contributed by atoms with E-state index in [-0.39, 0.29) is 26.5 Å². The Morgan fingerprint density at radius 1 is 0.717 bits per heavy atom. The van der Waals surface area contributed by atoms with Gasteiger partial charge >= 0.3 is 21.1 Å². The van der Waals surface area contributed by atoms with Crippen molar-refractivity contribution in [3.05, 3.63) is 216 Å². The molecule has 2 aliphatic heterocycles. The fraction of sp³-hybridized carbons (Fsp3) is 0.130. The Labute approximate surface area is 367 Å². The fourth-order valence-electron chi connectivity index (χ4n) is 8.45. The second kappa shape index (κ2) is 16.0. The third-order valence-corrected chi connectivity index (χ3v) is 11.3. The predicted molar refractivity (Wildman–Crippen MR) is 245 cm³/mol. The monoisotopic (exact) mass is 959 g/mol. The van der Waals surface area contributed by atoms with Crippen molar-refractivity contribution in [3.8, 4) is 11.5 Å². The number of nitrogens with zero attached hydrogens (tertiary/aromatic N) is 4.